The number of benzene rings is 3. The highest BCUT2D eigenvalue weighted by Crippen LogP contribution is 2.37. The van der Waals surface area contributed by atoms with Gasteiger partial charge in [0.1, 0.15) is 18.1 Å². The zero-order valence-corrected chi connectivity index (χ0v) is 18.4. The van der Waals surface area contributed by atoms with Crippen LogP contribution in [0.15, 0.2) is 72.8 Å². The molecule has 0 bridgehead atoms. The Bertz CT molecular complexity index is 1070. The predicted octanol–water partition coefficient (Wildman–Crippen LogP) is 8.08. The van der Waals surface area contributed by atoms with Gasteiger partial charge in [0.15, 0.2) is 5.90 Å². The van der Waals surface area contributed by atoms with Gasteiger partial charge in [-0.2, -0.15) is 13.2 Å². The molecule has 7 heteroatoms. The molecule has 0 spiro atoms. The molecule has 0 aliphatic rings. The third-order valence-electron chi connectivity index (χ3n) is 4.88. The zero-order chi connectivity index (χ0) is 23.3. The Labute approximate surface area is 190 Å². The van der Waals surface area contributed by atoms with E-state index in [1.807, 2.05) is 68.4 Å². The largest absolute Gasteiger partial charge is 0.476 e. The molecular formula is C25H23ClF3NO2. The Balaban J connectivity index is 1.72. The van der Waals surface area contributed by atoms with Crippen molar-refractivity contribution in [3.63, 3.8) is 0 Å². The summed E-state index contributed by atoms with van der Waals surface area (Å²) in [6.07, 6.45) is -4.48. The van der Waals surface area contributed by atoms with Crippen molar-refractivity contribution in [3.8, 4) is 11.5 Å². The monoisotopic (exact) mass is 461 g/mol. The van der Waals surface area contributed by atoms with Gasteiger partial charge in [-0.05, 0) is 53.4 Å². The van der Waals surface area contributed by atoms with E-state index in [0.717, 1.165) is 17.7 Å². The first-order valence-electron chi connectivity index (χ1n) is 10.0. The minimum absolute atomic E-state index is 0.0369. The van der Waals surface area contributed by atoms with Crippen molar-refractivity contribution in [1.29, 1.82) is 5.41 Å². The summed E-state index contributed by atoms with van der Waals surface area (Å²) in [6.45, 7) is 3.85. The molecule has 3 aromatic rings. The molecule has 168 valence electrons. The van der Waals surface area contributed by atoms with Crippen LogP contribution in [0.3, 0.4) is 0 Å². The smallest absolute Gasteiger partial charge is 0.416 e. The first kappa shape index (κ1) is 23.7. The highest BCUT2D eigenvalue weighted by atomic mass is 35.5. The van der Waals surface area contributed by atoms with E-state index in [9.17, 15) is 13.2 Å². The molecule has 32 heavy (non-hydrogen) atoms. The van der Waals surface area contributed by atoms with E-state index in [0.29, 0.717) is 17.1 Å². The van der Waals surface area contributed by atoms with Gasteiger partial charge in [0.25, 0.3) is 0 Å². The van der Waals surface area contributed by atoms with Crippen molar-refractivity contribution in [3.05, 3.63) is 94.5 Å². The number of nitrogens with one attached hydrogen (secondary N) is 1. The van der Waals surface area contributed by atoms with Crippen molar-refractivity contribution < 1.29 is 22.6 Å². The van der Waals surface area contributed by atoms with Crippen molar-refractivity contribution in [2.75, 3.05) is 0 Å². The summed E-state index contributed by atoms with van der Waals surface area (Å²) >= 11 is 6.16. The fourth-order valence-electron chi connectivity index (χ4n) is 3.33. The van der Waals surface area contributed by atoms with Crippen LogP contribution in [-0.2, 0) is 17.5 Å². The molecule has 0 aromatic heterocycles. The van der Waals surface area contributed by atoms with Crippen LogP contribution in [0.5, 0.6) is 11.5 Å². The normalized spacial score (nSPS) is 12.5. The molecule has 0 heterocycles. The number of para-hydroxylation sites is 1. The average molecular weight is 462 g/mol. The third kappa shape index (κ3) is 6.04. The molecule has 1 unspecified atom stereocenters. The molecule has 3 nitrogen and oxygen atoms in total. The summed E-state index contributed by atoms with van der Waals surface area (Å²) in [6, 6.07) is 19.9. The summed E-state index contributed by atoms with van der Waals surface area (Å²) < 4.78 is 50.4. The maximum Gasteiger partial charge on any atom is 0.416 e. The molecule has 0 saturated carbocycles. The second kappa shape index (κ2) is 10.1. The minimum atomic E-state index is -4.48. The number of hydrogen-bond donors (Lipinski definition) is 1. The Morgan fingerprint density at radius 2 is 1.62 bits per heavy atom. The van der Waals surface area contributed by atoms with Crippen LogP contribution in [0.4, 0.5) is 13.2 Å². The molecule has 0 saturated heterocycles. The van der Waals surface area contributed by atoms with E-state index in [2.05, 4.69) is 0 Å². The topological polar surface area (TPSA) is 42.3 Å². The number of rotatable bonds is 7. The molecule has 1 atom stereocenters. The van der Waals surface area contributed by atoms with Crippen LogP contribution >= 0.6 is 11.6 Å². The molecule has 0 radical (unpaired) electrons. The summed E-state index contributed by atoms with van der Waals surface area (Å²) in [5, 5.41) is 8.40. The minimum Gasteiger partial charge on any atom is -0.476 e. The lowest BCUT2D eigenvalue weighted by Crippen LogP contribution is -2.21. The van der Waals surface area contributed by atoms with Gasteiger partial charge in [0, 0.05) is 5.02 Å². The van der Waals surface area contributed by atoms with Crippen molar-refractivity contribution in [2.24, 2.45) is 5.92 Å². The number of halogens is 4. The lowest BCUT2D eigenvalue weighted by atomic mass is 9.87. The Morgan fingerprint density at radius 1 is 0.938 bits per heavy atom. The van der Waals surface area contributed by atoms with E-state index in [4.69, 9.17) is 26.5 Å². The van der Waals surface area contributed by atoms with Crippen molar-refractivity contribution in [2.45, 2.75) is 32.5 Å². The third-order valence-corrected chi connectivity index (χ3v) is 5.21. The molecular weight excluding hydrogens is 439 g/mol. The van der Waals surface area contributed by atoms with E-state index >= 15 is 0 Å². The standard InChI is InChI=1S/C25H23ClF3NO2/c1-16(2)23(21-12-11-18(14-22(21)26)25(27,28)29)24(30)31-15-17-7-6-10-20(13-17)32-19-8-4-3-5-9-19/h3-14,16,23,30H,15H2,1-2H3. The van der Waals surface area contributed by atoms with Gasteiger partial charge < -0.3 is 9.47 Å². The molecule has 0 fully saturated rings. The van der Waals surface area contributed by atoms with Crippen molar-refractivity contribution in [1.82, 2.24) is 0 Å². The fourth-order valence-corrected chi connectivity index (χ4v) is 3.63. The van der Waals surface area contributed by atoms with Gasteiger partial charge in [-0.15, -0.1) is 0 Å². The maximum absolute atomic E-state index is 13.0. The first-order chi connectivity index (χ1) is 15.1. The number of hydrogen-bond acceptors (Lipinski definition) is 3. The lowest BCUT2D eigenvalue weighted by molar-refractivity contribution is -0.137. The summed E-state index contributed by atoms with van der Waals surface area (Å²) in [5.74, 6) is 0.596. The Morgan fingerprint density at radius 3 is 2.25 bits per heavy atom. The zero-order valence-electron chi connectivity index (χ0n) is 17.6. The predicted molar refractivity (Wildman–Crippen MR) is 120 cm³/mol. The first-order valence-corrected chi connectivity index (χ1v) is 10.4. The Kier molecular flexibility index (Phi) is 7.46. The van der Waals surface area contributed by atoms with Gasteiger partial charge in [0.05, 0.1) is 11.5 Å². The molecule has 0 aliphatic carbocycles. The lowest BCUT2D eigenvalue weighted by Gasteiger charge is -2.24. The fraction of sp³-hybridized carbons (Fsp3) is 0.240. The van der Waals surface area contributed by atoms with Gasteiger partial charge in [0.2, 0.25) is 0 Å². The summed E-state index contributed by atoms with van der Waals surface area (Å²) in [5.41, 5.74) is 0.404. The van der Waals surface area contributed by atoms with Gasteiger partial charge in [-0.1, -0.05) is 61.8 Å². The van der Waals surface area contributed by atoms with Crippen molar-refractivity contribution >= 4 is 17.5 Å². The second-order valence-electron chi connectivity index (χ2n) is 7.67. The van der Waals surface area contributed by atoms with E-state index in [-0.39, 0.29) is 23.4 Å². The van der Waals surface area contributed by atoms with Gasteiger partial charge in [-0.25, -0.2) is 0 Å². The van der Waals surface area contributed by atoms with E-state index < -0.39 is 17.7 Å². The van der Waals surface area contributed by atoms with Crippen LogP contribution in [0.25, 0.3) is 0 Å². The van der Waals surface area contributed by atoms with Crippen LogP contribution in [0.2, 0.25) is 5.02 Å². The van der Waals surface area contributed by atoms with Gasteiger partial charge in [-0.3, -0.25) is 5.41 Å². The molecule has 0 aliphatic heterocycles. The highest BCUT2D eigenvalue weighted by Gasteiger charge is 2.32. The average Bonchev–Trinajstić information content (AvgIpc) is 2.73. The van der Waals surface area contributed by atoms with Crippen LogP contribution in [-0.4, -0.2) is 5.90 Å². The number of alkyl halides is 3. The summed E-state index contributed by atoms with van der Waals surface area (Å²) in [4.78, 5) is 0. The molecule has 1 N–H and O–H groups in total. The van der Waals surface area contributed by atoms with E-state index in [1.54, 1.807) is 0 Å². The SMILES string of the molecule is CC(C)C(C(=N)OCc1cccc(Oc2ccccc2)c1)c1ccc(C(F)(F)F)cc1Cl. The molecule has 3 rings (SSSR count). The van der Waals surface area contributed by atoms with E-state index in [1.165, 1.54) is 6.07 Å². The quantitative estimate of drug-likeness (QED) is 0.285. The summed E-state index contributed by atoms with van der Waals surface area (Å²) in [7, 11) is 0. The van der Waals surface area contributed by atoms with Crippen LogP contribution in [0.1, 0.15) is 36.5 Å². The number of ether oxygens (including phenoxy) is 2. The highest BCUT2D eigenvalue weighted by molar-refractivity contribution is 6.31. The molecule has 3 aromatic carbocycles. The van der Waals surface area contributed by atoms with Gasteiger partial charge >= 0.3 is 6.18 Å². The van der Waals surface area contributed by atoms with Crippen LogP contribution in [0, 0.1) is 11.3 Å². The van der Waals surface area contributed by atoms with Crippen LogP contribution < -0.4 is 4.74 Å². The second-order valence-corrected chi connectivity index (χ2v) is 8.08. The Hall–Kier alpha value is -2.99. The maximum atomic E-state index is 13.0. The molecule has 0 amide bonds.